The van der Waals surface area contributed by atoms with Crippen molar-refractivity contribution in [2.24, 2.45) is 4.99 Å². The van der Waals surface area contributed by atoms with Crippen molar-refractivity contribution < 1.29 is 4.79 Å². The van der Waals surface area contributed by atoms with E-state index in [1.165, 1.54) is 43.4 Å². The van der Waals surface area contributed by atoms with Crippen molar-refractivity contribution in [3.63, 3.8) is 0 Å². The van der Waals surface area contributed by atoms with Crippen LogP contribution in [0, 0.1) is 0 Å². The molecule has 0 bridgehead atoms. The molecule has 1 aliphatic heterocycles. The highest BCUT2D eigenvalue weighted by Gasteiger charge is 2.38. The van der Waals surface area contributed by atoms with Gasteiger partial charge in [0.15, 0.2) is 5.96 Å². The zero-order valence-electron chi connectivity index (χ0n) is 17.9. The van der Waals surface area contributed by atoms with Crippen molar-refractivity contribution in [1.82, 2.24) is 15.1 Å². The summed E-state index contributed by atoms with van der Waals surface area (Å²) in [7, 11) is 5.46. The topological polar surface area (TPSA) is 47.9 Å². The van der Waals surface area contributed by atoms with Gasteiger partial charge in [0.2, 0.25) is 0 Å². The van der Waals surface area contributed by atoms with E-state index in [1.807, 2.05) is 25.2 Å². The first-order valence-corrected chi connectivity index (χ1v) is 11.4. The minimum atomic E-state index is 0. The number of rotatable bonds is 4. The molecule has 1 amide bonds. The summed E-state index contributed by atoms with van der Waals surface area (Å²) in [6, 6.07) is 7.94. The molecule has 5 nitrogen and oxygen atoms in total. The molecule has 0 radical (unpaired) electrons. The normalized spacial score (nSPS) is 18.9. The van der Waals surface area contributed by atoms with Crippen LogP contribution in [0.3, 0.4) is 0 Å². The van der Waals surface area contributed by atoms with Gasteiger partial charge in [-0.05, 0) is 37.0 Å². The van der Waals surface area contributed by atoms with Gasteiger partial charge in [-0.25, -0.2) is 0 Å². The highest BCUT2D eigenvalue weighted by molar-refractivity contribution is 14.0. The summed E-state index contributed by atoms with van der Waals surface area (Å²) in [5.41, 5.74) is 1.92. The number of nitrogens with zero attached hydrogens (tertiary/aromatic N) is 3. The van der Waals surface area contributed by atoms with E-state index in [0.29, 0.717) is 4.75 Å². The highest BCUT2D eigenvalue weighted by Crippen LogP contribution is 2.42. The molecule has 0 unspecified atom stereocenters. The largest absolute Gasteiger partial charge is 0.356 e. The SMILES string of the molecule is CN=C(NCCc1cccc(C(=O)N(C)C)c1)N1CCSC2(CCCCC2)C1.I. The highest BCUT2D eigenvalue weighted by atomic mass is 127. The Morgan fingerprint density at radius 3 is 2.72 bits per heavy atom. The summed E-state index contributed by atoms with van der Waals surface area (Å²) < 4.78 is 0.439. The number of halogens is 1. The molecule has 1 saturated heterocycles. The average molecular weight is 531 g/mol. The van der Waals surface area contributed by atoms with E-state index in [2.05, 4.69) is 33.0 Å². The fourth-order valence-electron chi connectivity index (χ4n) is 4.29. The third kappa shape index (κ3) is 6.51. The molecule has 1 aromatic rings. The van der Waals surface area contributed by atoms with Crippen LogP contribution in [-0.4, -0.2) is 72.9 Å². The average Bonchev–Trinajstić information content (AvgIpc) is 2.71. The van der Waals surface area contributed by atoms with Crippen LogP contribution >= 0.6 is 35.7 Å². The van der Waals surface area contributed by atoms with Crippen molar-refractivity contribution >= 4 is 47.6 Å². The van der Waals surface area contributed by atoms with Gasteiger partial charge in [-0.15, -0.1) is 24.0 Å². The van der Waals surface area contributed by atoms with Gasteiger partial charge in [-0.3, -0.25) is 9.79 Å². The first-order valence-electron chi connectivity index (χ1n) is 10.4. The maximum Gasteiger partial charge on any atom is 0.253 e. The second-order valence-electron chi connectivity index (χ2n) is 8.14. The van der Waals surface area contributed by atoms with Gasteiger partial charge in [0.1, 0.15) is 0 Å². The van der Waals surface area contributed by atoms with Crippen LogP contribution < -0.4 is 5.32 Å². The van der Waals surface area contributed by atoms with Gasteiger partial charge in [-0.1, -0.05) is 31.4 Å². The van der Waals surface area contributed by atoms with Crippen LogP contribution in [0.4, 0.5) is 0 Å². The molecular formula is C22H35IN4OS. The monoisotopic (exact) mass is 530 g/mol. The summed E-state index contributed by atoms with van der Waals surface area (Å²) in [6.07, 6.45) is 7.70. The molecule has 29 heavy (non-hydrogen) atoms. The van der Waals surface area contributed by atoms with E-state index in [1.54, 1.807) is 19.0 Å². The molecule has 2 aliphatic rings. The quantitative estimate of drug-likeness (QED) is 0.365. The number of guanidine groups is 1. The number of benzene rings is 1. The Balaban J connectivity index is 0.00000300. The summed E-state index contributed by atoms with van der Waals surface area (Å²) in [5, 5.41) is 3.55. The summed E-state index contributed by atoms with van der Waals surface area (Å²) in [5.74, 6) is 2.26. The number of thioether (sulfide) groups is 1. The molecule has 1 aromatic carbocycles. The number of carbonyl (C=O) groups excluding carboxylic acids is 1. The molecule has 1 heterocycles. The number of amides is 1. The van der Waals surface area contributed by atoms with Crippen LogP contribution in [-0.2, 0) is 6.42 Å². The van der Waals surface area contributed by atoms with Crippen LogP contribution in [0.15, 0.2) is 29.3 Å². The minimum absolute atomic E-state index is 0. The Hall–Kier alpha value is -0.960. The number of aliphatic imine (C=N–C) groups is 1. The summed E-state index contributed by atoms with van der Waals surface area (Å²) in [4.78, 5) is 20.8. The van der Waals surface area contributed by atoms with Crippen molar-refractivity contribution in [1.29, 1.82) is 0 Å². The van der Waals surface area contributed by atoms with E-state index < -0.39 is 0 Å². The molecule has 0 atom stereocenters. The Morgan fingerprint density at radius 1 is 1.28 bits per heavy atom. The zero-order chi connectivity index (χ0) is 20.0. The van der Waals surface area contributed by atoms with Crippen LogP contribution in [0.5, 0.6) is 0 Å². The Kier molecular flexibility index (Phi) is 9.59. The smallest absolute Gasteiger partial charge is 0.253 e. The predicted octanol–water partition coefficient (Wildman–Crippen LogP) is 3.88. The van der Waals surface area contributed by atoms with Gasteiger partial charge in [0.05, 0.1) is 0 Å². The first kappa shape index (κ1) is 24.3. The summed E-state index contributed by atoms with van der Waals surface area (Å²) in [6.45, 7) is 3.01. The number of carbonyl (C=O) groups is 1. The first-order chi connectivity index (χ1) is 13.5. The molecular weight excluding hydrogens is 495 g/mol. The fourth-order valence-corrected chi connectivity index (χ4v) is 5.86. The Bertz CT molecular complexity index is 698. The van der Waals surface area contributed by atoms with Crippen molar-refractivity contribution in [3.05, 3.63) is 35.4 Å². The molecule has 0 aromatic heterocycles. The number of nitrogens with one attached hydrogen (secondary N) is 1. The molecule has 3 rings (SSSR count). The van der Waals surface area contributed by atoms with Crippen molar-refractivity contribution in [3.8, 4) is 0 Å². The molecule has 1 spiro atoms. The van der Waals surface area contributed by atoms with Gasteiger partial charge in [0, 0.05) is 56.8 Å². The maximum absolute atomic E-state index is 12.2. The van der Waals surface area contributed by atoms with E-state index >= 15 is 0 Å². The molecule has 1 N–H and O–H groups in total. The van der Waals surface area contributed by atoms with Gasteiger partial charge < -0.3 is 15.1 Å². The lowest BCUT2D eigenvalue weighted by molar-refractivity contribution is 0.0827. The lowest BCUT2D eigenvalue weighted by Crippen LogP contribution is -2.53. The van der Waals surface area contributed by atoms with E-state index in [-0.39, 0.29) is 29.9 Å². The Labute approximate surface area is 197 Å². The van der Waals surface area contributed by atoms with E-state index in [9.17, 15) is 4.79 Å². The standard InChI is InChI=1S/C22H34N4OS.HI/c1-23-21(26-14-15-28-22(17-26)11-5-4-6-12-22)24-13-10-18-8-7-9-19(16-18)20(27)25(2)3;/h7-9,16H,4-6,10-15,17H2,1-3H3,(H,23,24);1H. The van der Waals surface area contributed by atoms with E-state index in [4.69, 9.17) is 0 Å². The number of hydrogen-bond acceptors (Lipinski definition) is 3. The molecule has 1 saturated carbocycles. The van der Waals surface area contributed by atoms with Crippen LogP contribution in [0.1, 0.15) is 48.0 Å². The predicted molar refractivity (Wildman–Crippen MR) is 135 cm³/mol. The second kappa shape index (κ2) is 11.4. The maximum atomic E-state index is 12.2. The summed E-state index contributed by atoms with van der Waals surface area (Å²) >= 11 is 2.19. The lowest BCUT2D eigenvalue weighted by atomic mass is 9.87. The molecule has 162 valence electrons. The third-order valence-corrected chi connectivity index (χ3v) is 7.34. The molecule has 7 heteroatoms. The fraction of sp³-hybridized carbons (Fsp3) is 0.636. The second-order valence-corrected chi connectivity index (χ2v) is 9.70. The molecule has 1 aliphatic carbocycles. The van der Waals surface area contributed by atoms with Gasteiger partial charge >= 0.3 is 0 Å². The van der Waals surface area contributed by atoms with Crippen LogP contribution in [0.2, 0.25) is 0 Å². The Morgan fingerprint density at radius 2 is 2.03 bits per heavy atom. The van der Waals surface area contributed by atoms with Gasteiger partial charge in [0.25, 0.3) is 5.91 Å². The van der Waals surface area contributed by atoms with Crippen LogP contribution in [0.25, 0.3) is 0 Å². The lowest BCUT2D eigenvalue weighted by Gasteiger charge is -2.45. The zero-order valence-corrected chi connectivity index (χ0v) is 21.1. The third-order valence-electron chi connectivity index (χ3n) is 5.80. The molecule has 2 fully saturated rings. The van der Waals surface area contributed by atoms with Gasteiger partial charge in [-0.2, -0.15) is 11.8 Å². The van der Waals surface area contributed by atoms with E-state index in [0.717, 1.165) is 37.6 Å². The van der Waals surface area contributed by atoms with Crippen molar-refractivity contribution in [2.45, 2.75) is 43.3 Å². The number of hydrogen-bond donors (Lipinski definition) is 1. The van der Waals surface area contributed by atoms with Crippen molar-refractivity contribution in [2.75, 3.05) is 46.5 Å². The minimum Gasteiger partial charge on any atom is -0.356 e.